The average Bonchev–Trinajstić information content (AvgIpc) is 2.35. The third kappa shape index (κ3) is 3.84. The Morgan fingerprint density at radius 2 is 1.61 bits per heavy atom. The van der Waals surface area contributed by atoms with Crippen molar-refractivity contribution in [3.05, 3.63) is 35.9 Å². The molecule has 0 aliphatic carbocycles. The third-order valence-corrected chi connectivity index (χ3v) is 3.14. The van der Waals surface area contributed by atoms with E-state index in [0.29, 0.717) is 5.92 Å². The number of rotatable bonds is 5. The molecule has 0 aliphatic rings. The zero-order valence-electron chi connectivity index (χ0n) is 11.7. The molecule has 2 atom stereocenters. The Morgan fingerprint density at radius 3 is 2.06 bits per heavy atom. The number of amides is 1. The van der Waals surface area contributed by atoms with Gasteiger partial charge in [0.2, 0.25) is 5.91 Å². The minimum atomic E-state index is -0.449. The molecule has 1 rings (SSSR count). The molecule has 0 heterocycles. The maximum absolute atomic E-state index is 12.0. The summed E-state index contributed by atoms with van der Waals surface area (Å²) in [6.45, 7) is 8.10. The lowest BCUT2D eigenvalue weighted by atomic mass is 9.95. The first-order valence-electron chi connectivity index (χ1n) is 6.54. The van der Waals surface area contributed by atoms with Gasteiger partial charge in [0.05, 0.1) is 12.1 Å². The number of nitrogens with two attached hydrogens (primary N) is 1. The molecule has 1 unspecified atom stereocenters. The Balaban J connectivity index is 2.80. The number of carbonyl (C=O) groups excluding carboxylic acids is 1. The Bertz CT molecular complexity index is 373. The predicted octanol–water partition coefficient (Wildman–Crippen LogP) is 2.48. The largest absolute Gasteiger partial charge is 0.348 e. The fourth-order valence-electron chi connectivity index (χ4n) is 1.85. The lowest BCUT2D eigenvalue weighted by molar-refractivity contribution is -0.124. The Hall–Kier alpha value is -1.35. The summed E-state index contributed by atoms with van der Waals surface area (Å²) in [5.41, 5.74) is 7.00. The van der Waals surface area contributed by atoms with E-state index in [4.69, 9.17) is 5.73 Å². The highest BCUT2D eigenvalue weighted by Gasteiger charge is 2.23. The molecule has 18 heavy (non-hydrogen) atoms. The molecular weight excluding hydrogens is 224 g/mol. The van der Waals surface area contributed by atoms with Crippen LogP contribution in [0.4, 0.5) is 0 Å². The second kappa shape index (κ2) is 6.55. The van der Waals surface area contributed by atoms with E-state index in [1.54, 1.807) is 0 Å². The van der Waals surface area contributed by atoms with E-state index in [2.05, 4.69) is 19.2 Å². The van der Waals surface area contributed by atoms with Gasteiger partial charge in [-0.2, -0.15) is 0 Å². The highest BCUT2D eigenvalue weighted by atomic mass is 16.2. The van der Waals surface area contributed by atoms with Gasteiger partial charge in [-0.15, -0.1) is 0 Å². The molecule has 3 heteroatoms. The van der Waals surface area contributed by atoms with Crippen molar-refractivity contribution in [3.8, 4) is 0 Å². The molecule has 0 aliphatic heterocycles. The lowest BCUT2D eigenvalue weighted by Crippen LogP contribution is -2.46. The Labute approximate surface area is 110 Å². The summed E-state index contributed by atoms with van der Waals surface area (Å²) >= 11 is 0. The highest BCUT2D eigenvalue weighted by Crippen LogP contribution is 2.21. The maximum atomic E-state index is 12.0. The fourth-order valence-corrected chi connectivity index (χ4v) is 1.85. The number of hydrogen-bond acceptors (Lipinski definition) is 2. The summed E-state index contributed by atoms with van der Waals surface area (Å²) in [6, 6.07) is 9.58. The van der Waals surface area contributed by atoms with Crippen molar-refractivity contribution < 1.29 is 4.79 Å². The van der Waals surface area contributed by atoms with Crippen LogP contribution in [0.5, 0.6) is 0 Å². The van der Waals surface area contributed by atoms with Gasteiger partial charge in [0, 0.05) is 0 Å². The van der Waals surface area contributed by atoms with Crippen LogP contribution in [0, 0.1) is 11.8 Å². The summed E-state index contributed by atoms with van der Waals surface area (Å²) in [5, 5.41) is 3.05. The van der Waals surface area contributed by atoms with E-state index >= 15 is 0 Å². The molecule has 0 fully saturated rings. The van der Waals surface area contributed by atoms with E-state index in [0.717, 1.165) is 5.56 Å². The normalized spacial score (nSPS) is 14.6. The third-order valence-electron chi connectivity index (χ3n) is 3.14. The Morgan fingerprint density at radius 1 is 1.06 bits per heavy atom. The van der Waals surface area contributed by atoms with Gasteiger partial charge >= 0.3 is 0 Å². The average molecular weight is 248 g/mol. The number of carbonyl (C=O) groups is 1. The zero-order valence-corrected chi connectivity index (χ0v) is 11.7. The van der Waals surface area contributed by atoms with Crippen LogP contribution in [-0.2, 0) is 4.79 Å². The molecule has 1 amide bonds. The highest BCUT2D eigenvalue weighted by molar-refractivity contribution is 5.82. The van der Waals surface area contributed by atoms with Gasteiger partial charge in [0.25, 0.3) is 0 Å². The molecule has 1 aromatic rings. The van der Waals surface area contributed by atoms with Crippen LogP contribution >= 0.6 is 0 Å². The predicted molar refractivity (Wildman–Crippen MR) is 75.0 cm³/mol. The van der Waals surface area contributed by atoms with Gasteiger partial charge in [-0.05, 0) is 17.4 Å². The molecule has 0 radical (unpaired) electrons. The van der Waals surface area contributed by atoms with Gasteiger partial charge in [0.1, 0.15) is 0 Å². The topological polar surface area (TPSA) is 55.1 Å². The minimum absolute atomic E-state index is 0.0171. The first-order valence-corrected chi connectivity index (χ1v) is 6.54. The first kappa shape index (κ1) is 14.7. The van der Waals surface area contributed by atoms with Crippen molar-refractivity contribution in [2.75, 3.05) is 0 Å². The molecule has 3 nitrogen and oxygen atoms in total. The van der Waals surface area contributed by atoms with E-state index in [1.807, 2.05) is 44.2 Å². The maximum Gasteiger partial charge on any atom is 0.237 e. The zero-order chi connectivity index (χ0) is 13.7. The molecule has 1 aromatic carbocycles. The van der Waals surface area contributed by atoms with Crippen LogP contribution < -0.4 is 11.1 Å². The fraction of sp³-hybridized carbons (Fsp3) is 0.533. The van der Waals surface area contributed by atoms with Crippen molar-refractivity contribution in [3.63, 3.8) is 0 Å². The molecule has 100 valence electrons. The van der Waals surface area contributed by atoms with E-state index in [-0.39, 0.29) is 17.9 Å². The molecule has 0 aromatic heterocycles. The molecule has 3 N–H and O–H groups in total. The number of nitrogens with one attached hydrogen (secondary N) is 1. The van der Waals surface area contributed by atoms with Crippen molar-refractivity contribution in [2.45, 2.75) is 39.8 Å². The SMILES string of the molecule is CC(C)C(NC(=O)[C@@H](N)C(C)C)c1ccccc1. The van der Waals surface area contributed by atoms with E-state index < -0.39 is 6.04 Å². The van der Waals surface area contributed by atoms with Crippen LogP contribution in [0.15, 0.2) is 30.3 Å². The summed E-state index contributed by atoms with van der Waals surface area (Å²) in [5.74, 6) is 0.400. The van der Waals surface area contributed by atoms with E-state index in [1.165, 1.54) is 0 Å². The van der Waals surface area contributed by atoms with Crippen LogP contribution in [0.2, 0.25) is 0 Å². The van der Waals surface area contributed by atoms with Gasteiger partial charge in [-0.3, -0.25) is 4.79 Å². The summed E-state index contributed by atoms with van der Waals surface area (Å²) in [7, 11) is 0. The van der Waals surface area contributed by atoms with Gasteiger partial charge in [-0.1, -0.05) is 58.0 Å². The summed E-state index contributed by atoms with van der Waals surface area (Å²) in [4.78, 5) is 12.0. The summed E-state index contributed by atoms with van der Waals surface area (Å²) in [6.07, 6.45) is 0. The number of hydrogen-bond donors (Lipinski definition) is 2. The second-order valence-corrected chi connectivity index (χ2v) is 5.41. The van der Waals surface area contributed by atoms with Crippen LogP contribution in [0.25, 0.3) is 0 Å². The second-order valence-electron chi connectivity index (χ2n) is 5.41. The molecule has 0 spiro atoms. The van der Waals surface area contributed by atoms with Crippen molar-refractivity contribution in [2.24, 2.45) is 17.6 Å². The first-order chi connectivity index (χ1) is 8.43. The van der Waals surface area contributed by atoms with E-state index in [9.17, 15) is 4.79 Å². The van der Waals surface area contributed by atoms with Crippen LogP contribution in [-0.4, -0.2) is 11.9 Å². The van der Waals surface area contributed by atoms with Gasteiger partial charge in [0.15, 0.2) is 0 Å². The van der Waals surface area contributed by atoms with Crippen LogP contribution in [0.1, 0.15) is 39.3 Å². The molecule has 0 bridgehead atoms. The monoisotopic (exact) mass is 248 g/mol. The Kier molecular flexibility index (Phi) is 5.35. The van der Waals surface area contributed by atoms with Crippen molar-refractivity contribution in [1.82, 2.24) is 5.32 Å². The van der Waals surface area contributed by atoms with Crippen molar-refractivity contribution >= 4 is 5.91 Å². The smallest absolute Gasteiger partial charge is 0.237 e. The molecular formula is C15H24N2O. The quantitative estimate of drug-likeness (QED) is 0.841. The minimum Gasteiger partial charge on any atom is -0.348 e. The van der Waals surface area contributed by atoms with Crippen LogP contribution in [0.3, 0.4) is 0 Å². The standard InChI is InChI=1S/C15H24N2O/c1-10(2)13(16)15(18)17-14(11(3)4)12-8-6-5-7-9-12/h5-11,13-14H,16H2,1-4H3,(H,17,18)/t13-,14?/m0/s1. The van der Waals surface area contributed by atoms with Crippen molar-refractivity contribution in [1.29, 1.82) is 0 Å². The van der Waals surface area contributed by atoms with Gasteiger partial charge < -0.3 is 11.1 Å². The molecule has 0 saturated heterocycles. The molecule has 0 saturated carbocycles. The number of benzene rings is 1. The lowest BCUT2D eigenvalue weighted by Gasteiger charge is -2.25. The van der Waals surface area contributed by atoms with Gasteiger partial charge in [-0.25, -0.2) is 0 Å². The summed E-state index contributed by atoms with van der Waals surface area (Å²) < 4.78 is 0.